The van der Waals surface area contributed by atoms with Crippen molar-refractivity contribution in [3.8, 4) is 0 Å². The first kappa shape index (κ1) is 9.49. The van der Waals surface area contributed by atoms with Crippen molar-refractivity contribution in [3.63, 3.8) is 0 Å². The third-order valence-electron chi connectivity index (χ3n) is 0.855. The van der Waals surface area contributed by atoms with Crippen LogP contribution in [0.5, 0.6) is 0 Å². The van der Waals surface area contributed by atoms with Gasteiger partial charge in [0.25, 0.3) is 0 Å². The Kier molecular flexibility index (Phi) is 5.02. The summed E-state index contributed by atoms with van der Waals surface area (Å²) in [6.45, 7) is 5.79. The number of aryl methyl sites for hydroxylation is 1. The van der Waals surface area contributed by atoms with Crippen molar-refractivity contribution >= 4 is 12.3 Å². The van der Waals surface area contributed by atoms with Crippen molar-refractivity contribution in [2.24, 2.45) is 0 Å². The molecule has 0 aliphatic heterocycles. The third-order valence-corrected chi connectivity index (χ3v) is 1.39. The van der Waals surface area contributed by atoms with Gasteiger partial charge in [-0.2, -0.15) is 0 Å². The van der Waals surface area contributed by atoms with Gasteiger partial charge in [-0.1, -0.05) is 13.8 Å². The van der Waals surface area contributed by atoms with Crippen molar-refractivity contribution < 1.29 is 3.89 Å². The summed E-state index contributed by atoms with van der Waals surface area (Å²) in [4.78, 5) is 3.69. The van der Waals surface area contributed by atoms with E-state index in [0.717, 1.165) is 5.69 Å². The molecule has 10 heavy (non-hydrogen) atoms. The Morgan fingerprint density at radius 2 is 2.20 bits per heavy atom. The van der Waals surface area contributed by atoms with E-state index in [1.54, 1.807) is 13.1 Å². The van der Waals surface area contributed by atoms with Crippen LogP contribution in [0.3, 0.4) is 0 Å². The average molecular weight is 162 g/mol. The largest absolute Gasteiger partial charge is 0.250 e. The first-order valence-electron chi connectivity index (χ1n) is 3.12. The summed E-state index contributed by atoms with van der Waals surface area (Å²) in [5, 5.41) is 0. The number of rotatable bonds is 1. The molecule has 58 valence electrons. The molecule has 0 radical (unpaired) electrons. The molecule has 0 aliphatic rings. The predicted octanol–water partition coefficient (Wildman–Crippen LogP) is 2.60. The monoisotopic (exact) mass is 162 g/mol. The van der Waals surface area contributed by atoms with Crippen molar-refractivity contribution in [2.45, 2.75) is 20.8 Å². The number of imidazole rings is 1. The summed E-state index contributed by atoms with van der Waals surface area (Å²) in [7, 11) is 0. The molecule has 1 aromatic rings. The second-order valence-corrected chi connectivity index (χ2v) is 1.96. The summed E-state index contributed by atoms with van der Waals surface area (Å²) in [6.07, 6.45) is 3.03. The Hall–Kier alpha value is -0.510. The maximum absolute atomic E-state index is 11.7. The van der Waals surface area contributed by atoms with Gasteiger partial charge < -0.3 is 0 Å². The van der Waals surface area contributed by atoms with Crippen molar-refractivity contribution in [2.75, 3.05) is 0 Å². The number of hydrogen-bond acceptors (Lipinski definition) is 2. The van der Waals surface area contributed by atoms with Gasteiger partial charge in [0.05, 0.1) is 0 Å². The minimum absolute atomic E-state index is 0.156. The number of nitrogens with zero attached hydrogens (tertiary/aromatic N) is 2. The molecule has 0 bridgehead atoms. The fourth-order valence-electron chi connectivity index (χ4n) is 0.422. The summed E-state index contributed by atoms with van der Waals surface area (Å²) in [6, 6.07) is 0. The normalized spacial score (nSPS) is 8.40. The van der Waals surface area contributed by atoms with Crippen LogP contribution in [0, 0.1) is 6.92 Å². The summed E-state index contributed by atoms with van der Waals surface area (Å²) in [5.74, 6) is 0. The number of hydrogen-bond donors (Lipinski definition) is 0. The highest BCUT2D eigenvalue weighted by Crippen LogP contribution is 2.08. The van der Waals surface area contributed by atoms with Crippen LogP contribution in [0.25, 0.3) is 0 Å². The second kappa shape index (κ2) is 5.29. The molecular formula is C6H11FN2S. The molecule has 1 rings (SSSR count). The number of aromatic nitrogens is 2. The molecular weight excluding hydrogens is 151 g/mol. The van der Waals surface area contributed by atoms with E-state index in [0.29, 0.717) is 0 Å². The molecule has 0 spiro atoms. The van der Waals surface area contributed by atoms with Crippen LogP contribution < -0.4 is 0 Å². The highest BCUT2D eigenvalue weighted by molar-refractivity contribution is 7.92. The Balaban J connectivity index is 0.000000371. The van der Waals surface area contributed by atoms with E-state index in [1.165, 1.54) is 10.3 Å². The summed E-state index contributed by atoms with van der Waals surface area (Å²) in [5.41, 5.74) is 0.817. The molecule has 1 aromatic heterocycles. The highest BCUT2D eigenvalue weighted by Gasteiger charge is 1.92. The van der Waals surface area contributed by atoms with E-state index < -0.39 is 0 Å². The minimum Gasteiger partial charge on any atom is -0.250 e. The van der Waals surface area contributed by atoms with E-state index >= 15 is 0 Å². The Labute approximate surface area is 64.9 Å². The maximum atomic E-state index is 11.7. The molecule has 0 aromatic carbocycles. The Morgan fingerprint density at radius 3 is 2.40 bits per heavy atom. The molecule has 1 heterocycles. The standard InChI is InChI=1S/C4H5FN2S.C2H6/c1-4-2-6-3-7(4)8-5;1-2/h2-3H,1H3;1-2H3. The topological polar surface area (TPSA) is 17.8 Å². The Bertz CT molecular complexity index is 176. The van der Waals surface area contributed by atoms with Crippen LogP contribution in [-0.2, 0) is 0 Å². The number of halogens is 1. The lowest BCUT2D eigenvalue weighted by Gasteiger charge is -1.89. The van der Waals surface area contributed by atoms with Gasteiger partial charge in [0.15, 0.2) is 12.3 Å². The van der Waals surface area contributed by atoms with Crippen LogP contribution in [0.2, 0.25) is 0 Å². The highest BCUT2D eigenvalue weighted by atomic mass is 32.2. The van der Waals surface area contributed by atoms with Gasteiger partial charge in [-0.15, -0.1) is 3.89 Å². The maximum Gasteiger partial charge on any atom is 0.170 e. The lowest BCUT2D eigenvalue weighted by molar-refractivity contribution is 0.909. The lowest BCUT2D eigenvalue weighted by atomic mass is 10.6. The zero-order valence-corrected chi connectivity index (χ0v) is 7.15. The van der Waals surface area contributed by atoms with Gasteiger partial charge in [-0.25, -0.2) is 8.96 Å². The van der Waals surface area contributed by atoms with Gasteiger partial charge in [0.1, 0.15) is 6.33 Å². The molecule has 0 aliphatic carbocycles. The van der Waals surface area contributed by atoms with Crippen LogP contribution in [0.15, 0.2) is 12.5 Å². The van der Waals surface area contributed by atoms with Crippen LogP contribution in [0.4, 0.5) is 3.89 Å². The smallest absolute Gasteiger partial charge is 0.170 e. The zero-order valence-electron chi connectivity index (χ0n) is 6.34. The van der Waals surface area contributed by atoms with Gasteiger partial charge in [-0.05, 0) is 6.92 Å². The first-order valence-corrected chi connectivity index (χ1v) is 3.80. The molecule has 2 nitrogen and oxygen atoms in total. The van der Waals surface area contributed by atoms with E-state index in [9.17, 15) is 3.89 Å². The molecule has 0 amide bonds. The fourth-order valence-corrected chi connectivity index (χ4v) is 0.668. The molecule has 0 unspecified atom stereocenters. The van der Waals surface area contributed by atoms with Crippen molar-refractivity contribution in [3.05, 3.63) is 18.2 Å². The SMILES string of the molecule is CC.Cc1cncn1SF. The van der Waals surface area contributed by atoms with Crippen LogP contribution >= 0.6 is 12.3 Å². The van der Waals surface area contributed by atoms with Crippen LogP contribution in [-0.4, -0.2) is 8.96 Å². The van der Waals surface area contributed by atoms with E-state index in [2.05, 4.69) is 4.98 Å². The lowest BCUT2D eigenvalue weighted by Crippen LogP contribution is -1.80. The first-order chi connectivity index (χ1) is 4.84. The van der Waals surface area contributed by atoms with Gasteiger partial charge in [-0.3, -0.25) is 0 Å². The zero-order chi connectivity index (χ0) is 7.98. The van der Waals surface area contributed by atoms with Crippen molar-refractivity contribution in [1.29, 1.82) is 0 Å². The molecule has 0 saturated carbocycles. The molecule has 0 saturated heterocycles. The van der Waals surface area contributed by atoms with E-state index in [-0.39, 0.29) is 12.3 Å². The van der Waals surface area contributed by atoms with Gasteiger partial charge >= 0.3 is 0 Å². The van der Waals surface area contributed by atoms with Crippen LogP contribution in [0.1, 0.15) is 19.5 Å². The molecule has 0 N–H and O–H groups in total. The molecule has 0 atom stereocenters. The quantitative estimate of drug-likeness (QED) is 0.631. The Morgan fingerprint density at radius 1 is 1.60 bits per heavy atom. The molecule has 4 heteroatoms. The summed E-state index contributed by atoms with van der Waals surface area (Å²) >= 11 is 0.156. The fraction of sp³-hybridized carbons (Fsp3) is 0.500. The minimum atomic E-state index is 0.156. The van der Waals surface area contributed by atoms with E-state index in [4.69, 9.17) is 0 Å². The van der Waals surface area contributed by atoms with E-state index in [1.807, 2.05) is 13.8 Å². The van der Waals surface area contributed by atoms with Crippen molar-refractivity contribution in [1.82, 2.24) is 8.96 Å². The summed E-state index contributed by atoms with van der Waals surface area (Å²) < 4.78 is 13.0. The van der Waals surface area contributed by atoms with Gasteiger partial charge in [0, 0.05) is 11.9 Å². The predicted molar refractivity (Wildman–Crippen MR) is 42.4 cm³/mol. The average Bonchev–Trinajstić information content (AvgIpc) is 2.39. The third kappa shape index (κ3) is 2.39. The second-order valence-electron chi connectivity index (χ2n) is 1.43. The van der Waals surface area contributed by atoms with Gasteiger partial charge in [0.2, 0.25) is 0 Å². The molecule has 0 fully saturated rings.